The van der Waals surface area contributed by atoms with E-state index in [0.717, 1.165) is 0 Å². The number of rotatable bonds is 2. The SMILES string of the molecule is N=c1ccc2c(-c3cccc(O)c3C(=O)O)c3ccc(N)cc3oc-2c1. The van der Waals surface area contributed by atoms with E-state index < -0.39 is 5.97 Å². The first-order valence-corrected chi connectivity index (χ1v) is 7.82. The van der Waals surface area contributed by atoms with Crippen LogP contribution in [0.2, 0.25) is 0 Å². The molecule has 0 bridgehead atoms. The van der Waals surface area contributed by atoms with E-state index in [1.54, 1.807) is 48.5 Å². The topological polar surface area (TPSA) is 121 Å². The van der Waals surface area contributed by atoms with Gasteiger partial charge >= 0.3 is 5.97 Å². The number of anilines is 1. The van der Waals surface area contributed by atoms with Crippen LogP contribution in [0.4, 0.5) is 5.69 Å². The van der Waals surface area contributed by atoms with Crippen LogP contribution in [0.15, 0.2) is 59.0 Å². The van der Waals surface area contributed by atoms with Crippen molar-refractivity contribution < 1.29 is 19.4 Å². The fourth-order valence-corrected chi connectivity index (χ4v) is 3.17. The predicted molar refractivity (Wildman–Crippen MR) is 97.2 cm³/mol. The quantitative estimate of drug-likeness (QED) is 0.326. The van der Waals surface area contributed by atoms with Gasteiger partial charge in [-0.25, -0.2) is 4.79 Å². The summed E-state index contributed by atoms with van der Waals surface area (Å²) in [4.78, 5) is 11.8. The highest BCUT2D eigenvalue weighted by Crippen LogP contribution is 2.42. The number of carboxylic acids is 1. The Morgan fingerprint density at radius 3 is 2.62 bits per heavy atom. The van der Waals surface area contributed by atoms with Crippen molar-refractivity contribution >= 4 is 22.6 Å². The zero-order chi connectivity index (χ0) is 18.4. The van der Waals surface area contributed by atoms with Crippen LogP contribution in [0.1, 0.15) is 10.4 Å². The maximum atomic E-state index is 11.8. The van der Waals surface area contributed by atoms with E-state index in [4.69, 9.17) is 15.6 Å². The summed E-state index contributed by atoms with van der Waals surface area (Å²) in [7, 11) is 0. The molecule has 0 aromatic heterocycles. The summed E-state index contributed by atoms with van der Waals surface area (Å²) in [5, 5.41) is 28.5. The zero-order valence-electron chi connectivity index (χ0n) is 13.5. The van der Waals surface area contributed by atoms with Gasteiger partial charge in [0.15, 0.2) is 0 Å². The molecule has 128 valence electrons. The molecule has 6 heteroatoms. The van der Waals surface area contributed by atoms with Crippen molar-refractivity contribution in [1.82, 2.24) is 0 Å². The minimum atomic E-state index is -1.23. The number of phenols is 1. The Bertz CT molecular complexity index is 1210. The number of nitrogens with two attached hydrogens (primary N) is 1. The number of benzene rings is 3. The Labute approximate surface area is 147 Å². The summed E-state index contributed by atoms with van der Waals surface area (Å²) >= 11 is 0. The van der Waals surface area contributed by atoms with Crippen LogP contribution in [0.5, 0.6) is 5.75 Å². The molecule has 0 fully saturated rings. The summed E-state index contributed by atoms with van der Waals surface area (Å²) in [6, 6.07) is 14.6. The Morgan fingerprint density at radius 1 is 1.04 bits per heavy atom. The zero-order valence-corrected chi connectivity index (χ0v) is 13.5. The van der Waals surface area contributed by atoms with Gasteiger partial charge in [0.1, 0.15) is 22.7 Å². The first-order valence-electron chi connectivity index (χ1n) is 7.82. The Morgan fingerprint density at radius 2 is 1.85 bits per heavy atom. The van der Waals surface area contributed by atoms with Crippen molar-refractivity contribution in [2.45, 2.75) is 0 Å². The molecule has 0 atom stereocenters. The highest BCUT2D eigenvalue weighted by molar-refractivity contribution is 6.08. The lowest BCUT2D eigenvalue weighted by atomic mass is 9.90. The van der Waals surface area contributed by atoms with E-state index in [1.165, 1.54) is 6.07 Å². The predicted octanol–water partition coefficient (Wildman–Crippen LogP) is 3.67. The number of nitrogens with one attached hydrogen (secondary N) is 1. The van der Waals surface area contributed by atoms with Crippen molar-refractivity contribution in [3.8, 4) is 28.2 Å². The number of carboxylic acid groups (broad SMARTS) is 1. The fraction of sp³-hybridized carbons (Fsp3) is 0. The largest absolute Gasteiger partial charge is 0.507 e. The molecule has 2 aliphatic rings. The summed E-state index contributed by atoms with van der Waals surface area (Å²) in [6.45, 7) is 0. The number of hydrogen-bond acceptors (Lipinski definition) is 5. The van der Waals surface area contributed by atoms with Gasteiger partial charge < -0.3 is 25.8 Å². The van der Waals surface area contributed by atoms with Gasteiger partial charge in [0.05, 0.1) is 5.36 Å². The van der Waals surface area contributed by atoms with Crippen molar-refractivity contribution in [2.24, 2.45) is 0 Å². The van der Waals surface area contributed by atoms with Gasteiger partial charge in [-0.15, -0.1) is 0 Å². The number of fused-ring (bicyclic) bond motifs is 2. The van der Waals surface area contributed by atoms with Crippen molar-refractivity contribution in [3.63, 3.8) is 0 Å². The van der Waals surface area contributed by atoms with Crippen LogP contribution < -0.4 is 11.1 Å². The molecule has 2 aromatic carbocycles. The molecule has 1 aliphatic heterocycles. The first kappa shape index (κ1) is 15.7. The lowest BCUT2D eigenvalue weighted by Crippen LogP contribution is -2.04. The summed E-state index contributed by atoms with van der Waals surface area (Å²) in [5.41, 5.74) is 8.26. The molecule has 26 heavy (non-hydrogen) atoms. The van der Waals surface area contributed by atoms with Gasteiger partial charge in [-0.2, -0.15) is 0 Å². The molecule has 0 saturated carbocycles. The van der Waals surface area contributed by atoms with Gasteiger partial charge in [0.2, 0.25) is 0 Å². The number of hydrogen-bond donors (Lipinski definition) is 4. The van der Waals surface area contributed by atoms with Gasteiger partial charge in [0, 0.05) is 39.9 Å². The van der Waals surface area contributed by atoms with Gasteiger partial charge in [0.25, 0.3) is 0 Å². The minimum Gasteiger partial charge on any atom is -0.507 e. The third-order valence-corrected chi connectivity index (χ3v) is 4.27. The average molecular weight is 346 g/mol. The second-order valence-electron chi connectivity index (χ2n) is 5.95. The van der Waals surface area contributed by atoms with Gasteiger partial charge in [-0.05, 0) is 30.3 Å². The lowest BCUT2D eigenvalue weighted by Gasteiger charge is -2.17. The van der Waals surface area contributed by atoms with Crippen molar-refractivity contribution in [1.29, 1.82) is 5.41 Å². The van der Waals surface area contributed by atoms with E-state index >= 15 is 0 Å². The Balaban J connectivity index is 2.24. The third kappa shape index (κ3) is 2.36. The summed E-state index contributed by atoms with van der Waals surface area (Å²) < 4.78 is 5.89. The van der Waals surface area contributed by atoms with Gasteiger partial charge in [-0.3, -0.25) is 0 Å². The van der Waals surface area contributed by atoms with Crippen molar-refractivity contribution in [2.75, 3.05) is 5.73 Å². The number of nitrogen functional groups attached to an aromatic ring is 1. The maximum Gasteiger partial charge on any atom is 0.340 e. The molecule has 0 amide bonds. The summed E-state index contributed by atoms with van der Waals surface area (Å²) in [5.74, 6) is -1.11. The Kier molecular flexibility index (Phi) is 3.40. The van der Waals surface area contributed by atoms with Crippen LogP contribution in [-0.2, 0) is 0 Å². The highest BCUT2D eigenvalue weighted by atomic mass is 16.4. The molecule has 2 aromatic rings. The van der Waals surface area contributed by atoms with Crippen molar-refractivity contribution in [3.05, 3.63) is 65.5 Å². The fourth-order valence-electron chi connectivity index (χ4n) is 3.17. The molecule has 0 saturated heterocycles. The Hall–Kier alpha value is -3.80. The van der Waals surface area contributed by atoms with Gasteiger partial charge in [-0.1, -0.05) is 12.1 Å². The lowest BCUT2D eigenvalue weighted by molar-refractivity contribution is 0.0694. The number of aromatic carboxylic acids is 1. The molecule has 5 N–H and O–H groups in total. The molecule has 6 nitrogen and oxygen atoms in total. The summed E-state index contributed by atoms with van der Waals surface area (Å²) in [6.07, 6.45) is 0. The van der Waals surface area contributed by atoms with Crippen LogP contribution >= 0.6 is 0 Å². The van der Waals surface area contributed by atoms with Crippen LogP contribution in [0.25, 0.3) is 33.4 Å². The normalized spacial score (nSPS) is 11.1. The molecular formula is C20H14N2O4. The third-order valence-electron chi connectivity index (χ3n) is 4.27. The second kappa shape index (κ2) is 5.63. The van der Waals surface area contributed by atoms with E-state index in [1.807, 2.05) is 0 Å². The molecule has 1 aliphatic carbocycles. The average Bonchev–Trinajstić information content (AvgIpc) is 2.58. The van der Waals surface area contributed by atoms with E-state index in [2.05, 4.69) is 0 Å². The molecular weight excluding hydrogens is 332 g/mol. The van der Waals surface area contributed by atoms with E-state index in [0.29, 0.717) is 39.1 Å². The smallest absolute Gasteiger partial charge is 0.340 e. The van der Waals surface area contributed by atoms with Crippen LogP contribution in [0.3, 0.4) is 0 Å². The first-order chi connectivity index (χ1) is 12.5. The highest BCUT2D eigenvalue weighted by Gasteiger charge is 2.23. The monoisotopic (exact) mass is 346 g/mol. The minimum absolute atomic E-state index is 0.187. The number of aromatic hydroxyl groups is 1. The van der Waals surface area contributed by atoms with E-state index in [9.17, 15) is 15.0 Å². The molecule has 0 unspecified atom stereocenters. The maximum absolute atomic E-state index is 11.8. The molecule has 0 spiro atoms. The molecule has 1 heterocycles. The molecule has 0 radical (unpaired) electrons. The molecule has 4 rings (SSSR count). The van der Waals surface area contributed by atoms with E-state index in [-0.39, 0.29) is 16.7 Å². The standard InChI is InChI=1S/C20H14N2O4/c21-10-4-6-12-16(8-10)26-17-9-11(22)5-7-13(17)18(12)14-2-1-3-15(23)19(14)20(24)25/h1-9,21,23H,22H2,(H,24,25). The second-order valence-corrected chi connectivity index (χ2v) is 5.95. The number of carbonyl (C=O) groups is 1. The van der Waals surface area contributed by atoms with Crippen LogP contribution in [-0.4, -0.2) is 16.2 Å². The van der Waals surface area contributed by atoms with Crippen LogP contribution in [0, 0.1) is 5.41 Å².